The van der Waals surface area contributed by atoms with E-state index >= 15 is 0 Å². The van der Waals surface area contributed by atoms with E-state index in [2.05, 4.69) is 6.58 Å². The molecule has 20 heavy (non-hydrogen) atoms. The highest BCUT2D eigenvalue weighted by molar-refractivity contribution is 5.89. The van der Waals surface area contributed by atoms with E-state index in [0.29, 0.717) is 11.3 Å². The van der Waals surface area contributed by atoms with Gasteiger partial charge in [-0.1, -0.05) is 30.8 Å². The molecule has 0 N–H and O–H groups in total. The minimum absolute atomic E-state index is 0.225. The van der Waals surface area contributed by atoms with E-state index in [9.17, 15) is 4.79 Å². The topological polar surface area (TPSA) is 35.5 Å². The largest absolute Gasteiger partial charge is 0.458 e. The van der Waals surface area contributed by atoms with Crippen molar-refractivity contribution >= 4 is 5.97 Å². The third-order valence-corrected chi connectivity index (χ3v) is 2.50. The van der Waals surface area contributed by atoms with Crippen molar-refractivity contribution in [2.24, 2.45) is 0 Å². The summed E-state index contributed by atoms with van der Waals surface area (Å²) in [6.45, 7) is 5.72. The summed E-state index contributed by atoms with van der Waals surface area (Å²) in [6, 6.07) is 16.3. The van der Waals surface area contributed by atoms with Gasteiger partial charge in [0.2, 0.25) is 0 Å². The molecule has 102 valence electrons. The molecule has 0 spiro atoms. The Labute approximate surface area is 118 Å². The number of para-hydroxylation sites is 1. The Balaban J connectivity index is 2.08. The van der Waals surface area contributed by atoms with Crippen LogP contribution < -0.4 is 4.74 Å². The minimum Gasteiger partial charge on any atom is -0.458 e. The van der Waals surface area contributed by atoms with Crippen LogP contribution in [0.2, 0.25) is 0 Å². The molecule has 0 fully saturated rings. The SMILES string of the molecule is C=C(C)COC(=O)c1cccc(Oc2ccccc2)c1. The maximum Gasteiger partial charge on any atom is 0.338 e. The van der Waals surface area contributed by atoms with Crippen molar-refractivity contribution in [3.63, 3.8) is 0 Å². The smallest absolute Gasteiger partial charge is 0.338 e. The predicted molar refractivity (Wildman–Crippen MR) is 78.1 cm³/mol. The molecule has 0 heterocycles. The number of hydrogen-bond donors (Lipinski definition) is 0. The first-order valence-corrected chi connectivity index (χ1v) is 6.29. The van der Waals surface area contributed by atoms with Gasteiger partial charge in [0, 0.05) is 0 Å². The number of ether oxygens (including phenoxy) is 2. The molecule has 0 bridgehead atoms. The zero-order valence-electron chi connectivity index (χ0n) is 11.3. The quantitative estimate of drug-likeness (QED) is 0.602. The fourth-order valence-electron chi connectivity index (χ4n) is 1.58. The van der Waals surface area contributed by atoms with Gasteiger partial charge in [-0.25, -0.2) is 4.79 Å². The van der Waals surface area contributed by atoms with Gasteiger partial charge in [0.25, 0.3) is 0 Å². The van der Waals surface area contributed by atoms with Crippen LogP contribution in [0.15, 0.2) is 66.7 Å². The number of esters is 1. The highest BCUT2D eigenvalue weighted by Gasteiger charge is 2.08. The molecule has 0 atom stereocenters. The standard InChI is InChI=1S/C17H16O3/c1-13(2)12-19-17(18)14-7-6-10-16(11-14)20-15-8-4-3-5-9-15/h3-11H,1,12H2,2H3. The Morgan fingerprint density at radius 1 is 1.05 bits per heavy atom. The lowest BCUT2D eigenvalue weighted by Gasteiger charge is -2.08. The van der Waals surface area contributed by atoms with Crippen molar-refractivity contribution in [1.29, 1.82) is 0 Å². The summed E-state index contributed by atoms with van der Waals surface area (Å²) < 4.78 is 10.8. The molecule has 2 aromatic rings. The van der Waals surface area contributed by atoms with E-state index < -0.39 is 0 Å². The Bertz CT molecular complexity index is 603. The van der Waals surface area contributed by atoms with Gasteiger partial charge in [-0.05, 0) is 42.8 Å². The third kappa shape index (κ3) is 3.99. The summed E-state index contributed by atoms with van der Waals surface area (Å²) in [6.07, 6.45) is 0. The van der Waals surface area contributed by atoms with Gasteiger partial charge in [0.05, 0.1) is 5.56 Å². The van der Waals surface area contributed by atoms with Crippen molar-refractivity contribution < 1.29 is 14.3 Å². The summed E-state index contributed by atoms with van der Waals surface area (Å²) in [5.74, 6) is 0.937. The molecule has 0 saturated carbocycles. The second-order valence-electron chi connectivity index (χ2n) is 4.48. The molecular weight excluding hydrogens is 252 g/mol. The number of hydrogen-bond acceptors (Lipinski definition) is 3. The van der Waals surface area contributed by atoms with E-state index in [4.69, 9.17) is 9.47 Å². The summed E-state index contributed by atoms with van der Waals surface area (Å²) >= 11 is 0. The molecule has 0 saturated heterocycles. The van der Waals surface area contributed by atoms with Crippen LogP contribution in [-0.4, -0.2) is 12.6 Å². The average Bonchev–Trinajstić information content (AvgIpc) is 2.46. The Morgan fingerprint density at radius 2 is 1.75 bits per heavy atom. The fraction of sp³-hybridized carbons (Fsp3) is 0.118. The van der Waals surface area contributed by atoms with Crippen LogP contribution in [-0.2, 0) is 4.74 Å². The highest BCUT2D eigenvalue weighted by Crippen LogP contribution is 2.22. The predicted octanol–water partition coefficient (Wildman–Crippen LogP) is 4.21. The van der Waals surface area contributed by atoms with E-state index in [0.717, 1.165) is 11.3 Å². The van der Waals surface area contributed by atoms with Gasteiger partial charge in [-0.15, -0.1) is 0 Å². The molecule has 0 aromatic heterocycles. The van der Waals surface area contributed by atoms with Gasteiger partial charge in [0.15, 0.2) is 0 Å². The first kappa shape index (κ1) is 13.9. The molecule has 0 aliphatic rings. The lowest BCUT2D eigenvalue weighted by Crippen LogP contribution is -2.06. The van der Waals surface area contributed by atoms with Crippen LogP contribution >= 0.6 is 0 Å². The van der Waals surface area contributed by atoms with Crippen molar-refractivity contribution in [3.8, 4) is 11.5 Å². The second kappa shape index (κ2) is 6.57. The first-order valence-electron chi connectivity index (χ1n) is 6.29. The lowest BCUT2D eigenvalue weighted by atomic mass is 10.2. The monoisotopic (exact) mass is 268 g/mol. The summed E-state index contributed by atoms with van der Waals surface area (Å²) in [4.78, 5) is 11.8. The molecule has 0 aliphatic heterocycles. The van der Waals surface area contributed by atoms with Gasteiger partial charge in [-0.2, -0.15) is 0 Å². The van der Waals surface area contributed by atoms with E-state index in [1.54, 1.807) is 24.3 Å². The van der Waals surface area contributed by atoms with E-state index in [1.165, 1.54) is 0 Å². The molecular formula is C17H16O3. The molecule has 0 unspecified atom stereocenters. The van der Waals surface area contributed by atoms with Crippen LogP contribution in [0.3, 0.4) is 0 Å². The number of carbonyl (C=O) groups excluding carboxylic acids is 1. The van der Waals surface area contributed by atoms with Crippen LogP contribution in [0, 0.1) is 0 Å². The minimum atomic E-state index is -0.383. The zero-order valence-corrected chi connectivity index (χ0v) is 11.3. The van der Waals surface area contributed by atoms with Crippen molar-refractivity contribution in [1.82, 2.24) is 0 Å². The zero-order chi connectivity index (χ0) is 14.4. The van der Waals surface area contributed by atoms with E-state index in [1.807, 2.05) is 37.3 Å². The molecule has 3 nitrogen and oxygen atoms in total. The van der Waals surface area contributed by atoms with Crippen molar-refractivity contribution in [2.45, 2.75) is 6.92 Å². The van der Waals surface area contributed by atoms with Crippen LogP contribution in [0.4, 0.5) is 0 Å². The highest BCUT2D eigenvalue weighted by atomic mass is 16.5. The third-order valence-electron chi connectivity index (χ3n) is 2.50. The number of carbonyl (C=O) groups is 1. The van der Waals surface area contributed by atoms with Crippen molar-refractivity contribution in [2.75, 3.05) is 6.61 Å². The van der Waals surface area contributed by atoms with Gasteiger partial charge >= 0.3 is 5.97 Å². The van der Waals surface area contributed by atoms with Crippen LogP contribution in [0.1, 0.15) is 17.3 Å². The molecule has 3 heteroatoms. The van der Waals surface area contributed by atoms with Crippen LogP contribution in [0.5, 0.6) is 11.5 Å². The molecule has 0 aliphatic carbocycles. The molecule has 2 aromatic carbocycles. The normalized spacial score (nSPS) is 9.85. The van der Waals surface area contributed by atoms with Gasteiger partial charge in [-0.3, -0.25) is 0 Å². The van der Waals surface area contributed by atoms with Crippen molar-refractivity contribution in [3.05, 3.63) is 72.3 Å². The first-order chi connectivity index (χ1) is 9.65. The van der Waals surface area contributed by atoms with Gasteiger partial charge < -0.3 is 9.47 Å². The van der Waals surface area contributed by atoms with Gasteiger partial charge in [0.1, 0.15) is 18.1 Å². The Hall–Kier alpha value is -2.55. The molecule has 2 rings (SSSR count). The van der Waals surface area contributed by atoms with Crippen LogP contribution in [0.25, 0.3) is 0 Å². The fourth-order valence-corrected chi connectivity index (χ4v) is 1.58. The Morgan fingerprint density at radius 3 is 2.45 bits per heavy atom. The summed E-state index contributed by atoms with van der Waals surface area (Å²) in [5, 5.41) is 0. The lowest BCUT2D eigenvalue weighted by molar-refractivity contribution is 0.0540. The summed E-state index contributed by atoms with van der Waals surface area (Å²) in [7, 11) is 0. The maximum atomic E-state index is 11.8. The average molecular weight is 268 g/mol. The number of benzene rings is 2. The maximum absolute atomic E-state index is 11.8. The van der Waals surface area contributed by atoms with E-state index in [-0.39, 0.29) is 12.6 Å². The summed E-state index contributed by atoms with van der Waals surface area (Å²) in [5.41, 5.74) is 1.26. The molecule has 0 radical (unpaired) electrons. The number of rotatable bonds is 5. The molecule has 0 amide bonds. The Kier molecular flexibility index (Phi) is 4.56. The second-order valence-corrected chi connectivity index (χ2v) is 4.48.